The van der Waals surface area contributed by atoms with Crippen LogP contribution in [0.1, 0.15) is 6.42 Å². The fourth-order valence-corrected chi connectivity index (χ4v) is 1.66. The predicted octanol–water partition coefficient (Wildman–Crippen LogP) is 0.994. The van der Waals surface area contributed by atoms with Crippen LogP contribution in [0, 0.1) is 0 Å². The highest BCUT2D eigenvalue weighted by Crippen LogP contribution is 2.14. The Labute approximate surface area is 97.7 Å². The molecule has 0 unspecified atom stereocenters. The van der Waals surface area contributed by atoms with Crippen LogP contribution in [-0.2, 0) is 11.3 Å². The van der Waals surface area contributed by atoms with Gasteiger partial charge < -0.3 is 9.53 Å². The van der Waals surface area contributed by atoms with Crippen molar-refractivity contribution in [1.29, 1.82) is 0 Å². The molecule has 0 fully saturated rings. The number of hydrogen-bond donors (Lipinski definition) is 0. The molecule has 0 amide bonds. The van der Waals surface area contributed by atoms with Gasteiger partial charge in [0.15, 0.2) is 0 Å². The van der Waals surface area contributed by atoms with Crippen molar-refractivity contribution in [3.63, 3.8) is 0 Å². The molecule has 0 radical (unpaired) electrons. The van der Waals surface area contributed by atoms with Gasteiger partial charge in [0.05, 0.1) is 7.11 Å². The molecule has 0 aromatic carbocycles. The molecular weight excluding hydrogens is 220 g/mol. The third-order valence-electron chi connectivity index (χ3n) is 2.49. The first-order chi connectivity index (χ1) is 8.26. The first kappa shape index (κ1) is 11.3. The molecule has 2 rings (SSSR count). The fraction of sp³-hybridized carbons (Fsp3) is 0.250. The summed E-state index contributed by atoms with van der Waals surface area (Å²) in [4.78, 5) is 26.3. The normalized spacial score (nSPS) is 10.4. The molecule has 0 aliphatic heterocycles. The van der Waals surface area contributed by atoms with Gasteiger partial charge in [0.1, 0.15) is 11.9 Å². The molecule has 5 nitrogen and oxygen atoms in total. The Kier molecular flexibility index (Phi) is 3.18. The number of fused-ring (bicyclic) bond motifs is 1. The number of hydrogen-bond acceptors (Lipinski definition) is 4. The van der Waals surface area contributed by atoms with Crippen LogP contribution >= 0.6 is 0 Å². The number of pyridine rings is 2. The number of aryl methyl sites for hydroxylation is 1. The van der Waals surface area contributed by atoms with Crippen LogP contribution in [0.3, 0.4) is 0 Å². The Morgan fingerprint density at radius 2 is 2.12 bits per heavy atom. The van der Waals surface area contributed by atoms with Crippen molar-refractivity contribution < 1.29 is 9.53 Å². The molecule has 2 aromatic rings. The molecule has 0 atom stereocenters. The Balaban J connectivity index is 2.64. The number of carbonyl (C=O) groups is 1. The van der Waals surface area contributed by atoms with Crippen LogP contribution in [0.15, 0.2) is 29.1 Å². The summed E-state index contributed by atoms with van der Waals surface area (Å²) in [5, 5.41) is 0.844. The predicted molar refractivity (Wildman–Crippen MR) is 63.2 cm³/mol. The average Bonchev–Trinajstić information content (AvgIpc) is 2.37. The highest BCUT2D eigenvalue weighted by molar-refractivity contribution is 5.75. The van der Waals surface area contributed by atoms with Gasteiger partial charge in [-0.3, -0.25) is 9.36 Å². The second-order valence-electron chi connectivity index (χ2n) is 3.54. The summed E-state index contributed by atoms with van der Waals surface area (Å²) in [7, 11) is 1.52. The lowest BCUT2D eigenvalue weighted by Crippen LogP contribution is -2.20. The molecule has 5 heteroatoms. The summed E-state index contributed by atoms with van der Waals surface area (Å²) < 4.78 is 6.50. The van der Waals surface area contributed by atoms with E-state index in [4.69, 9.17) is 4.74 Å². The lowest BCUT2D eigenvalue weighted by atomic mass is 10.3. The van der Waals surface area contributed by atoms with Crippen molar-refractivity contribution in [2.24, 2.45) is 0 Å². The number of aromatic nitrogens is 2. The molecule has 0 aliphatic carbocycles. The summed E-state index contributed by atoms with van der Waals surface area (Å²) in [6.07, 6.45) is 1.07. The first-order valence-corrected chi connectivity index (χ1v) is 5.24. The Morgan fingerprint density at radius 1 is 1.35 bits per heavy atom. The zero-order chi connectivity index (χ0) is 12.3. The highest BCUT2D eigenvalue weighted by Gasteiger charge is 2.05. The van der Waals surface area contributed by atoms with Crippen LogP contribution in [0.5, 0.6) is 5.88 Å². The van der Waals surface area contributed by atoms with Crippen molar-refractivity contribution in [2.75, 3.05) is 7.11 Å². The summed E-state index contributed by atoms with van der Waals surface area (Å²) in [6, 6.07) is 6.75. The molecule has 0 saturated heterocycles. The Hall–Kier alpha value is -2.17. The number of rotatable bonds is 4. The van der Waals surface area contributed by atoms with Crippen LogP contribution in [-0.4, -0.2) is 22.9 Å². The van der Waals surface area contributed by atoms with Crippen molar-refractivity contribution in [3.8, 4) is 5.88 Å². The van der Waals surface area contributed by atoms with E-state index in [1.165, 1.54) is 17.7 Å². The third-order valence-corrected chi connectivity index (χ3v) is 2.49. The SMILES string of the molecule is COc1ccc2ccc(=O)n(CCC=O)c2n1. The van der Waals surface area contributed by atoms with Gasteiger partial charge in [0, 0.05) is 30.5 Å². The standard InChI is InChI=1S/C12H12N2O3/c1-17-10-5-3-9-4-6-11(16)14(7-2-8-15)12(9)13-10/h3-6,8H,2,7H2,1H3. The summed E-state index contributed by atoms with van der Waals surface area (Å²) in [6.45, 7) is 0.333. The van der Waals surface area contributed by atoms with Crippen molar-refractivity contribution in [3.05, 3.63) is 34.6 Å². The minimum atomic E-state index is -0.167. The van der Waals surface area contributed by atoms with E-state index in [2.05, 4.69) is 4.98 Å². The molecule has 2 heterocycles. The van der Waals surface area contributed by atoms with Gasteiger partial charge in [-0.15, -0.1) is 0 Å². The van der Waals surface area contributed by atoms with Gasteiger partial charge in [0.25, 0.3) is 5.56 Å². The molecule has 0 saturated carbocycles. The van der Waals surface area contributed by atoms with E-state index in [1.54, 1.807) is 12.1 Å². The maximum absolute atomic E-state index is 11.7. The summed E-state index contributed by atoms with van der Waals surface area (Å²) in [5.74, 6) is 0.447. The zero-order valence-corrected chi connectivity index (χ0v) is 9.42. The summed E-state index contributed by atoms with van der Waals surface area (Å²) in [5.41, 5.74) is 0.374. The summed E-state index contributed by atoms with van der Waals surface area (Å²) >= 11 is 0. The lowest BCUT2D eigenvalue weighted by Gasteiger charge is -2.08. The van der Waals surface area contributed by atoms with Crippen molar-refractivity contribution >= 4 is 17.3 Å². The van der Waals surface area contributed by atoms with Gasteiger partial charge in [0.2, 0.25) is 5.88 Å². The number of ether oxygens (including phenoxy) is 1. The number of carbonyl (C=O) groups excluding carboxylic acids is 1. The monoisotopic (exact) mass is 232 g/mol. The fourth-order valence-electron chi connectivity index (χ4n) is 1.66. The van der Waals surface area contributed by atoms with Gasteiger partial charge in [-0.2, -0.15) is 4.98 Å². The number of methoxy groups -OCH3 is 1. The van der Waals surface area contributed by atoms with Gasteiger partial charge in [-0.25, -0.2) is 0 Å². The molecule has 17 heavy (non-hydrogen) atoms. The Bertz CT molecular complexity index is 604. The molecule has 0 spiro atoms. The van der Waals surface area contributed by atoms with E-state index in [0.29, 0.717) is 18.1 Å². The first-order valence-electron chi connectivity index (χ1n) is 5.24. The molecule has 88 valence electrons. The maximum atomic E-state index is 11.7. The molecular formula is C12H12N2O3. The number of nitrogens with zero attached hydrogens (tertiary/aromatic N) is 2. The van der Waals surface area contributed by atoms with Crippen LogP contribution in [0.25, 0.3) is 11.0 Å². The lowest BCUT2D eigenvalue weighted by molar-refractivity contribution is -0.108. The largest absolute Gasteiger partial charge is 0.481 e. The van der Waals surface area contributed by atoms with E-state index in [1.807, 2.05) is 6.07 Å². The smallest absolute Gasteiger partial charge is 0.252 e. The molecule has 0 bridgehead atoms. The number of aldehydes is 1. The topological polar surface area (TPSA) is 61.2 Å². The maximum Gasteiger partial charge on any atom is 0.252 e. The minimum absolute atomic E-state index is 0.167. The zero-order valence-electron chi connectivity index (χ0n) is 9.42. The minimum Gasteiger partial charge on any atom is -0.481 e. The molecule has 0 N–H and O–H groups in total. The third kappa shape index (κ3) is 2.18. The van der Waals surface area contributed by atoms with Crippen LogP contribution < -0.4 is 10.3 Å². The van der Waals surface area contributed by atoms with Gasteiger partial charge in [-0.1, -0.05) is 0 Å². The van der Waals surface area contributed by atoms with Crippen molar-refractivity contribution in [1.82, 2.24) is 9.55 Å². The van der Waals surface area contributed by atoms with E-state index in [9.17, 15) is 9.59 Å². The van der Waals surface area contributed by atoms with E-state index in [-0.39, 0.29) is 12.0 Å². The van der Waals surface area contributed by atoms with Gasteiger partial charge in [-0.05, 0) is 12.1 Å². The van der Waals surface area contributed by atoms with Gasteiger partial charge >= 0.3 is 0 Å². The van der Waals surface area contributed by atoms with E-state index >= 15 is 0 Å². The molecule has 0 aliphatic rings. The molecule has 2 aromatic heterocycles. The second kappa shape index (κ2) is 4.78. The van der Waals surface area contributed by atoms with Crippen molar-refractivity contribution in [2.45, 2.75) is 13.0 Å². The van der Waals surface area contributed by atoms with Crippen LogP contribution in [0.4, 0.5) is 0 Å². The average molecular weight is 232 g/mol. The Morgan fingerprint density at radius 3 is 2.82 bits per heavy atom. The van der Waals surface area contributed by atoms with E-state index in [0.717, 1.165) is 11.7 Å². The van der Waals surface area contributed by atoms with E-state index < -0.39 is 0 Å². The quantitative estimate of drug-likeness (QED) is 0.738. The van der Waals surface area contributed by atoms with Crippen LogP contribution in [0.2, 0.25) is 0 Å². The highest BCUT2D eigenvalue weighted by atomic mass is 16.5. The second-order valence-corrected chi connectivity index (χ2v) is 3.54.